The molecule has 0 aliphatic heterocycles. The largest absolute Gasteiger partial charge is 0.486 e. The second-order valence-electron chi connectivity index (χ2n) is 5.08. The molecule has 0 fully saturated rings. The predicted molar refractivity (Wildman–Crippen MR) is 83.6 cm³/mol. The topological polar surface area (TPSA) is 51.6 Å². The molecule has 0 radical (unpaired) electrons. The van der Waals surface area contributed by atoms with Gasteiger partial charge in [0.1, 0.15) is 17.4 Å². The molecular formula is C16H21NO3S. The SMILES string of the molecule is COCc1nc(COc2cccc(C(C)C)c2)sc1CO. The van der Waals surface area contributed by atoms with Gasteiger partial charge >= 0.3 is 0 Å². The molecule has 0 spiro atoms. The molecule has 0 amide bonds. The third-order valence-corrected chi connectivity index (χ3v) is 4.19. The number of aromatic nitrogens is 1. The van der Waals surface area contributed by atoms with Crippen LogP contribution < -0.4 is 4.74 Å². The van der Waals surface area contributed by atoms with Gasteiger partial charge in [-0.1, -0.05) is 26.0 Å². The molecule has 0 aliphatic rings. The number of rotatable bonds is 7. The van der Waals surface area contributed by atoms with Crippen molar-refractivity contribution in [2.75, 3.05) is 7.11 Å². The zero-order chi connectivity index (χ0) is 15.2. The molecule has 1 aromatic heterocycles. The summed E-state index contributed by atoms with van der Waals surface area (Å²) >= 11 is 1.46. The number of thiazole rings is 1. The smallest absolute Gasteiger partial charge is 0.140 e. The maximum atomic E-state index is 9.32. The van der Waals surface area contributed by atoms with Crippen molar-refractivity contribution in [1.29, 1.82) is 0 Å². The fourth-order valence-corrected chi connectivity index (χ4v) is 2.83. The number of hydrogen-bond acceptors (Lipinski definition) is 5. The summed E-state index contributed by atoms with van der Waals surface area (Å²) in [6.45, 7) is 5.12. The molecule has 0 bridgehead atoms. The van der Waals surface area contributed by atoms with Crippen molar-refractivity contribution in [3.8, 4) is 5.75 Å². The van der Waals surface area contributed by atoms with E-state index in [0.29, 0.717) is 19.1 Å². The summed E-state index contributed by atoms with van der Waals surface area (Å²) < 4.78 is 10.9. The molecule has 1 heterocycles. The van der Waals surface area contributed by atoms with E-state index in [-0.39, 0.29) is 6.61 Å². The van der Waals surface area contributed by atoms with E-state index >= 15 is 0 Å². The lowest BCUT2D eigenvalue weighted by molar-refractivity contribution is 0.178. The lowest BCUT2D eigenvalue weighted by Gasteiger charge is -2.08. The van der Waals surface area contributed by atoms with Gasteiger partial charge < -0.3 is 14.6 Å². The summed E-state index contributed by atoms with van der Waals surface area (Å²) in [5, 5.41) is 10.2. The van der Waals surface area contributed by atoms with E-state index in [1.165, 1.54) is 16.9 Å². The fourth-order valence-electron chi connectivity index (χ4n) is 1.98. The van der Waals surface area contributed by atoms with Gasteiger partial charge in [0.2, 0.25) is 0 Å². The van der Waals surface area contributed by atoms with Gasteiger partial charge in [-0.05, 0) is 23.6 Å². The number of hydrogen-bond donors (Lipinski definition) is 1. The van der Waals surface area contributed by atoms with Gasteiger partial charge in [0.25, 0.3) is 0 Å². The highest BCUT2D eigenvalue weighted by atomic mass is 32.1. The minimum absolute atomic E-state index is 0.0147. The van der Waals surface area contributed by atoms with Crippen LogP contribution in [0.1, 0.15) is 40.9 Å². The van der Waals surface area contributed by atoms with Crippen molar-refractivity contribution in [2.45, 2.75) is 39.6 Å². The normalized spacial score (nSPS) is 11.1. The Bertz CT molecular complexity index is 581. The Labute approximate surface area is 129 Å². The molecule has 0 unspecified atom stereocenters. The summed E-state index contributed by atoms with van der Waals surface area (Å²) in [6.07, 6.45) is 0. The van der Waals surface area contributed by atoms with Gasteiger partial charge in [0.05, 0.1) is 23.8 Å². The molecule has 1 aromatic carbocycles. The summed E-state index contributed by atoms with van der Waals surface area (Å²) in [4.78, 5) is 5.29. The molecule has 2 rings (SSSR count). The summed E-state index contributed by atoms with van der Waals surface area (Å²) in [5.74, 6) is 1.32. The van der Waals surface area contributed by atoms with E-state index in [0.717, 1.165) is 21.3 Å². The molecular weight excluding hydrogens is 286 g/mol. The Hall–Kier alpha value is -1.43. The highest BCUT2D eigenvalue weighted by Gasteiger charge is 2.11. The van der Waals surface area contributed by atoms with Crippen LogP contribution in [-0.4, -0.2) is 17.2 Å². The monoisotopic (exact) mass is 307 g/mol. The van der Waals surface area contributed by atoms with Gasteiger partial charge in [-0.3, -0.25) is 0 Å². The van der Waals surface area contributed by atoms with Crippen LogP contribution in [0.25, 0.3) is 0 Å². The molecule has 0 atom stereocenters. The standard InChI is InChI=1S/C16H21NO3S/c1-11(2)12-5-4-6-13(7-12)20-10-16-17-14(9-19-3)15(8-18)21-16/h4-7,11,18H,8-10H2,1-3H3. The first-order chi connectivity index (χ1) is 10.1. The molecule has 0 saturated heterocycles. The van der Waals surface area contributed by atoms with Crippen molar-refractivity contribution in [3.05, 3.63) is 45.4 Å². The minimum Gasteiger partial charge on any atom is -0.486 e. The second-order valence-corrected chi connectivity index (χ2v) is 6.25. The number of aliphatic hydroxyl groups excluding tert-OH is 1. The second kappa shape index (κ2) is 7.54. The first-order valence-electron chi connectivity index (χ1n) is 6.94. The summed E-state index contributed by atoms with van der Waals surface area (Å²) in [7, 11) is 1.62. The highest BCUT2D eigenvalue weighted by Crippen LogP contribution is 2.23. The molecule has 0 saturated carbocycles. The Balaban J connectivity index is 2.04. The minimum atomic E-state index is -0.0147. The van der Waals surface area contributed by atoms with Crippen LogP contribution in [0.5, 0.6) is 5.75 Å². The van der Waals surface area contributed by atoms with E-state index in [1.807, 2.05) is 12.1 Å². The van der Waals surface area contributed by atoms with Gasteiger partial charge in [-0.15, -0.1) is 11.3 Å². The van der Waals surface area contributed by atoms with Crippen LogP contribution in [0.15, 0.2) is 24.3 Å². The first kappa shape index (κ1) is 15.9. The van der Waals surface area contributed by atoms with Gasteiger partial charge in [0, 0.05) is 7.11 Å². The lowest BCUT2D eigenvalue weighted by Crippen LogP contribution is -1.97. The Morgan fingerprint density at radius 2 is 2.10 bits per heavy atom. The van der Waals surface area contributed by atoms with E-state index < -0.39 is 0 Å². The number of ether oxygens (including phenoxy) is 2. The van der Waals surface area contributed by atoms with Crippen LogP contribution in [0.2, 0.25) is 0 Å². The molecule has 1 N–H and O–H groups in total. The van der Waals surface area contributed by atoms with Crippen LogP contribution in [0, 0.1) is 0 Å². The average Bonchev–Trinajstić information content (AvgIpc) is 2.88. The quantitative estimate of drug-likeness (QED) is 0.851. The number of nitrogens with zero attached hydrogens (tertiary/aromatic N) is 1. The van der Waals surface area contributed by atoms with Crippen LogP contribution in [-0.2, 0) is 24.6 Å². The van der Waals surface area contributed by atoms with E-state index in [4.69, 9.17) is 9.47 Å². The third-order valence-electron chi connectivity index (χ3n) is 3.13. The van der Waals surface area contributed by atoms with E-state index in [2.05, 4.69) is 31.0 Å². The summed E-state index contributed by atoms with van der Waals surface area (Å²) in [6, 6.07) is 8.10. The van der Waals surface area contributed by atoms with Gasteiger partial charge in [-0.25, -0.2) is 4.98 Å². The highest BCUT2D eigenvalue weighted by molar-refractivity contribution is 7.11. The molecule has 21 heavy (non-hydrogen) atoms. The van der Waals surface area contributed by atoms with Crippen molar-refractivity contribution in [2.24, 2.45) is 0 Å². The van der Waals surface area contributed by atoms with Gasteiger partial charge in [0.15, 0.2) is 0 Å². The Morgan fingerprint density at radius 1 is 1.29 bits per heavy atom. The van der Waals surface area contributed by atoms with Crippen LogP contribution in [0.4, 0.5) is 0 Å². The fraction of sp³-hybridized carbons (Fsp3) is 0.438. The van der Waals surface area contributed by atoms with E-state index in [1.54, 1.807) is 7.11 Å². The third kappa shape index (κ3) is 4.27. The number of aliphatic hydroxyl groups is 1. The number of methoxy groups -OCH3 is 1. The molecule has 4 nitrogen and oxygen atoms in total. The van der Waals surface area contributed by atoms with Crippen LogP contribution in [0.3, 0.4) is 0 Å². The molecule has 0 aliphatic carbocycles. The van der Waals surface area contributed by atoms with Crippen molar-refractivity contribution in [1.82, 2.24) is 4.98 Å². The maximum absolute atomic E-state index is 9.32. The molecule has 2 aromatic rings. The van der Waals surface area contributed by atoms with Crippen molar-refractivity contribution in [3.63, 3.8) is 0 Å². The molecule has 114 valence electrons. The Kier molecular flexibility index (Phi) is 5.73. The lowest BCUT2D eigenvalue weighted by atomic mass is 10.0. The van der Waals surface area contributed by atoms with Gasteiger partial charge in [-0.2, -0.15) is 0 Å². The van der Waals surface area contributed by atoms with Crippen LogP contribution >= 0.6 is 11.3 Å². The zero-order valence-electron chi connectivity index (χ0n) is 12.6. The zero-order valence-corrected chi connectivity index (χ0v) is 13.4. The maximum Gasteiger partial charge on any atom is 0.140 e. The molecule has 5 heteroatoms. The van der Waals surface area contributed by atoms with Crippen molar-refractivity contribution < 1.29 is 14.6 Å². The first-order valence-corrected chi connectivity index (χ1v) is 7.75. The summed E-state index contributed by atoms with van der Waals surface area (Å²) in [5.41, 5.74) is 2.04. The Morgan fingerprint density at radius 3 is 2.76 bits per heavy atom. The van der Waals surface area contributed by atoms with E-state index in [9.17, 15) is 5.11 Å². The predicted octanol–water partition coefficient (Wildman–Crippen LogP) is 3.48. The average molecular weight is 307 g/mol. The number of benzene rings is 1. The van der Waals surface area contributed by atoms with Crippen molar-refractivity contribution >= 4 is 11.3 Å².